The summed E-state index contributed by atoms with van der Waals surface area (Å²) in [5.41, 5.74) is 5.16. The number of nitrogens with zero attached hydrogens (tertiary/aromatic N) is 3. The van der Waals surface area contributed by atoms with Gasteiger partial charge in [0.2, 0.25) is 0 Å². The van der Waals surface area contributed by atoms with E-state index in [1.807, 2.05) is 37.3 Å². The number of fused-ring (bicyclic) bond motifs is 2. The van der Waals surface area contributed by atoms with E-state index in [0.717, 1.165) is 32.2 Å². The van der Waals surface area contributed by atoms with Gasteiger partial charge in [0.05, 0.1) is 42.2 Å². The molecule has 0 spiro atoms. The van der Waals surface area contributed by atoms with E-state index in [1.165, 1.54) is 18.4 Å². The van der Waals surface area contributed by atoms with Gasteiger partial charge in [0.25, 0.3) is 5.56 Å². The van der Waals surface area contributed by atoms with Gasteiger partial charge < -0.3 is 23.5 Å². The highest BCUT2D eigenvalue weighted by Gasteiger charge is 2.34. The van der Waals surface area contributed by atoms with Gasteiger partial charge in [-0.1, -0.05) is 63.7 Å². The predicted molar refractivity (Wildman–Crippen MR) is 195 cm³/mol. The highest BCUT2D eigenvalue weighted by molar-refractivity contribution is 9.10. The van der Waals surface area contributed by atoms with E-state index in [9.17, 15) is 14.4 Å². The van der Waals surface area contributed by atoms with E-state index in [2.05, 4.69) is 51.7 Å². The lowest BCUT2D eigenvalue weighted by atomic mass is 9.95. The van der Waals surface area contributed by atoms with Crippen LogP contribution in [0.1, 0.15) is 49.2 Å². The zero-order valence-corrected chi connectivity index (χ0v) is 30.7. The minimum Gasteiger partial charge on any atom is -0.490 e. The molecule has 0 bridgehead atoms. The molecule has 50 heavy (non-hydrogen) atoms. The molecule has 258 valence electrons. The first-order chi connectivity index (χ1) is 24.1. The first-order valence-corrected chi connectivity index (χ1v) is 17.7. The molecule has 2 aromatic heterocycles. The topological polar surface area (TPSA) is 110 Å². The van der Waals surface area contributed by atoms with Crippen molar-refractivity contribution >= 4 is 56.2 Å². The highest BCUT2D eigenvalue weighted by Crippen LogP contribution is 2.36. The van der Waals surface area contributed by atoms with Crippen LogP contribution in [0.5, 0.6) is 11.5 Å². The van der Waals surface area contributed by atoms with Crippen molar-refractivity contribution in [1.29, 1.82) is 0 Å². The van der Waals surface area contributed by atoms with Gasteiger partial charge in [-0.3, -0.25) is 9.36 Å². The number of allylic oxidation sites excluding steroid dienone is 1. The van der Waals surface area contributed by atoms with Gasteiger partial charge in [-0.05, 0) is 75.2 Å². The molecule has 3 aromatic carbocycles. The number of methoxy groups -OCH3 is 1. The van der Waals surface area contributed by atoms with Crippen molar-refractivity contribution in [3.63, 3.8) is 0 Å². The maximum absolute atomic E-state index is 14.5. The number of carbonyl (C=O) groups is 2. The lowest BCUT2D eigenvalue weighted by Gasteiger charge is -2.25. The fourth-order valence-corrected chi connectivity index (χ4v) is 7.42. The fourth-order valence-electron chi connectivity index (χ4n) is 6.13. The summed E-state index contributed by atoms with van der Waals surface area (Å²) in [6.07, 6.45) is 1.93. The SMILES string of the molecule is CCOC(=O)C1=C(C)N=c2s/c(=C\c3c(C)n(Cc4ccc(Br)cc4)c4ccccc34)c(=O)n2[C@@H]1c1ccc(OCC(=O)OC)c(OCC)c1. The first-order valence-electron chi connectivity index (χ1n) is 16.1. The number of carbonyl (C=O) groups excluding carboxylic acids is 2. The van der Waals surface area contributed by atoms with Crippen LogP contribution in [0.4, 0.5) is 0 Å². The standard InChI is InChI=1S/C38H36BrN3O7S/c1-6-47-31-18-25(14-17-30(31)49-21-33(43)46-5)35-34(37(45)48-7-2)22(3)40-38-42(35)36(44)32(50-38)19-28-23(4)41(29-11-9-8-10-27(28)29)20-24-12-15-26(39)16-13-24/h8-19,35H,6-7,20-21H2,1-5H3/b32-19-/t35-/m1/s1. The number of para-hydroxylation sites is 1. The number of rotatable bonds is 11. The molecule has 5 aromatic rings. The second-order valence-corrected chi connectivity index (χ2v) is 13.5. The van der Waals surface area contributed by atoms with E-state index in [-0.39, 0.29) is 24.3 Å². The maximum Gasteiger partial charge on any atom is 0.343 e. The van der Waals surface area contributed by atoms with Crippen LogP contribution in [0.25, 0.3) is 17.0 Å². The third-order valence-electron chi connectivity index (χ3n) is 8.48. The van der Waals surface area contributed by atoms with Gasteiger partial charge in [0.15, 0.2) is 22.9 Å². The highest BCUT2D eigenvalue weighted by atomic mass is 79.9. The summed E-state index contributed by atoms with van der Waals surface area (Å²) >= 11 is 4.79. The van der Waals surface area contributed by atoms with Crippen molar-refractivity contribution in [3.8, 4) is 11.5 Å². The second-order valence-electron chi connectivity index (χ2n) is 11.5. The minimum atomic E-state index is -0.860. The van der Waals surface area contributed by atoms with Gasteiger partial charge in [-0.25, -0.2) is 14.6 Å². The third-order valence-corrected chi connectivity index (χ3v) is 9.99. The Labute approximate surface area is 301 Å². The molecule has 6 rings (SSSR count). The van der Waals surface area contributed by atoms with E-state index in [1.54, 1.807) is 36.6 Å². The Morgan fingerprint density at radius 1 is 0.980 bits per heavy atom. The summed E-state index contributed by atoms with van der Waals surface area (Å²) in [7, 11) is 1.28. The summed E-state index contributed by atoms with van der Waals surface area (Å²) < 4.78 is 27.0. The zero-order chi connectivity index (χ0) is 35.5. The molecule has 1 atom stereocenters. The van der Waals surface area contributed by atoms with Gasteiger partial charge in [0, 0.05) is 33.2 Å². The number of aromatic nitrogens is 2. The number of hydrogen-bond acceptors (Lipinski definition) is 9. The van der Waals surface area contributed by atoms with Gasteiger partial charge >= 0.3 is 11.9 Å². The molecule has 1 aliphatic rings. The van der Waals surface area contributed by atoms with Crippen molar-refractivity contribution in [2.24, 2.45) is 4.99 Å². The van der Waals surface area contributed by atoms with Crippen molar-refractivity contribution < 1.29 is 28.5 Å². The first kappa shape index (κ1) is 34.9. The average molecular weight is 759 g/mol. The molecule has 0 saturated carbocycles. The molecule has 0 unspecified atom stereocenters. The van der Waals surface area contributed by atoms with Gasteiger partial charge in [-0.15, -0.1) is 0 Å². The summed E-state index contributed by atoms with van der Waals surface area (Å²) in [5, 5.41) is 1.02. The molecule has 0 aliphatic carbocycles. The van der Waals surface area contributed by atoms with E-state index in [0.29, 0.717) is 45.2 Å². The summed E-state index contributed by atoms with van der Waals surface area (Å²) in [5.74, 6) is -0.438. The molecule has 10 nitrogen and oxygen atoms in total. The van der Waals surface area contributed by atoms with E-state index in [4.69, 9.17) is 23.9 Å². The summed E-state index contributed by atoms with van der Waals surface area (Å²) in [6, 6.07) is 20.7. The van der Waals surface area contributed by atoms with Crippen LogP contribution in [0.3, 0.4) is 0 Å². The largest absolute Gasteiger partial charge is 0.490 e. The fraction of sp³-hybridized carbons (Fsp3) is 0.263. The molecule has 3 heterocycles. The Kier molecular flexibility index (Phi) is 10.4. The van der Waals surface area contributed by atoms with Crippen LogP contribution in [0, 0.1) is 6.92 Å². The van der Waals surface area contributed by atoms with Crippen molar-refractivity contribution in [2.75, 3.05) is 26.9 Å². The summed E-state index contributed by atoms with van der Waals surface area (Å²) in [4.78, 5) is 45.0. The lowest BCUT2D eigenvalue weighted by Crippen LogP contribution is -2.40. The lowest BCUT2D eigenvalue weighted by molar-refractivity contribution is -0.143. The van der Waals surface area contributed by atoms with Crippen molar-refractivity contribution in [2.45, 2.75) is 40.3 Å². The second kappa shape index (κ2) is 14.9. The Hall–Kier alpha value is -4.94. The zero-order valence-electron chi connectivity index (χ0n) is 28.3. The van der Waals surface area contributed by atoms with E-state index < -0.39 is 18.0 Å². The van der Waals surface area contributed by atoms with Crippen molar-refractivity contribution in [3.05, 3.63) is 125 Å². The average Bonchev–Trinajstić information content (AvgIpc) is 3.56. The minimum absolute atomic E-state index is 0.154. The number of benzene rings is 3. The molecule has 0 radical (unpaired) electrons. The van der Waals surface area contributed by atoms with Crippen LogP contribution >= 0.6 is 27.3 Å². The number of thiazole rings is 1. The molecule has 0 fully saturated rings. The number of hydrogen-bond donors (Lipinski definition) is 0. The molecule has 0 N–H and O–H groups in total. The Morgan fingerprint density at radius 3 is 2.46 bits per heavy atom. The van der Waals surface area contributed by atoms with Crippen molar-refractivity contribution in [1.82, 2.24) is 9.13 Å². The third kappa shape index (κ3) is 6.77. The van der Waals surface area contributed by atoms with Crippen LogP contribution in [0.15, 0.2) is 92.3 Å². The van der Waals surface area contributed by atoms with Crippen LogP contribution in [-0.2, 0) is 25.6 Å². The van der Waals surface area contributed by atoms with E-state index >= 15 is 0 Å². The monoisotopic (exact) mass is 757 g/mol. The summed E-state index contributed by atoms with van der Waals surface area (Å²) in [6.45, 7) is 8.19. The van der Waals surface area contributed by atoms with Gasteiger partial charge in [0.1, 0.15) is 0 Å². The Bertz CT molecular complexity index is 2320. The normalized spacial score (nSPS) is 14.4. The Balaban J connectivity index is 1.51. The molecular weight excluding hydrogens is 722 g/mol. The van der Waals surface area contributed by atoms with Crippen LogP contribution < -0.4 is 24.4 Å². The Morgan fingerprint density at radius 2 is 1.74 bits per heavy atom. The van der Waals surface area contributed by atoms with Gasteiger partial charge in [-0.2, -0.15) is 0 Å². The smallest absolute Gasteiger partial charge is 0.343 e. The number of ether oxygens (including phenoxy) is 4. The maximum atomic E-state index is 14.5. The molecule has 0 saturated heterocycles. The van der Waals surface area contributed by atoms with Crippen LogP contribution in [-0.4, -0.2) is 48.0 Å². The molecule has 1 aliphatic heterocycles. The quantitative estimate of drug-likeness (QED) is 0.156. The molecule has 12 heteroatoms. The number of esters is 2. The number of halogens is 1. The molecule has 0 amide bonds. The predicted octanol–water partition coefficient (Wildman–Crippen LogP) is 5.82. The van der Waals surface area contributed by atoms with Crippen LogP contribution in [0.2, 0.25) is 0 Å². The molecular formula is C38H36BrN3O7S.